The number of carbonyl (C=O) groups excluding carboxylic acids is 4. The summed E-state index contributed by atoms with van der Waals surface area (Å²) in [5.41, 5.74) is 2.47. The molecule has 3 aromatic rings. The smallest absolute Gasteiger partial charge is 0.261 e. The zero-order valence-corrected chi connectivity index (χ0v) is 24.4. The largest absolute Gasteiger partial charge is 0.352 e. The number of halogens is 1. The van der Waals surface area contributed by atoms with Crippen molar-refractivity contribution in [2.45, 2.75) is 70.0 Å². The van der Waals surface area contributed by atoms with Crippen molar-refractivity contribution in [2.24, 2.45) is 0 Å². The van der Waals surface area contributed by atoms with Crippen LogP contribution in [0.4, 0.5) is 0 Å². The van der Waals surface area contributed by atoms with E-state index in [0.717, 1.165) is 36.8 Å². The first-order chi connectivity index (χ1) is 20.4. The molecule has 218 valence electrons. The van der Waals surface area contributed by atoms with Crippen LogP contribution in [0.1, 0.15) is 76.8 Å². The van der Waals surface area contributed by atoms with E-state index >= 15 is 0 Å². The Kier molecular flexibility index (Phi) is 9.70. The van der Waals surface area contributed by atoms with E-state index in [4.69, 9.17) is 11.6 Å². The first kappa shape index (κ1) is 29.5. The number of fused-ring (bicyclic) bond motifs is 1. The maximum atomic E-state index is 14.0. The van der Waals surface area contributed by atoms with Gasteiger partial charge in [0.05, 0.1) is 11.1 Å². The second kappa shape index (κ2) is 13.8. The van der Waals surface area contributed by atoms with Gasteiger partial charge in [-0.2, -0.15) is 0 Å². The van der Waals surface area contributed by atoms with Crippen molar-refractivity contribution < 1.29 is 19.2 Å². The van der Waals surface area contributed by atoms with Crippen LogP contribution in [0.5, 0.6) is 0 Å². The number of nitrogens with zero attached hydrogens (tertiary/aromatic N) is 2. The molecule has 7 nitrogen and oxygen atoms in total. The summed E-state index contributed by atoms with van der Waals surface area (Å²) in [5.74, 6) is -1.09. The van der Waals surface area contributed by atoms with Crippen LogP contribution in [-0.4, -0.2) is 52.1 Å². The molecule has 1 saturated carbocycles. The third-order valence-electron chi connectivity index (χ3n) is 8.17. The van der Waals surface area contributed by atoms with E-state index in [2.05, 4.69) is 5.32 Å². The number of carbonyl (C=O) groups is 4. The minimum absolute atomic E-state index is 0.0693. The predicted molar refractivity (Wildman–Crippen MR) is 162 cm³/mol. The Hall–Kier alpha value is -3.97. The Balaban J connectivity index is 1.36. The summed E-state index contributed by atoms with van der Waals surface area (Å²) in [6.45, 7) is 0.288. The fourth-order valence-corrected chi connectivity index (χ4v) is 6.08. The predicted octanol–water partition coefficient (Wildman–Crippen LogP) is 5.81. The number of nitrogens with one attached hydrogen (secondary N) is 1. The molecule has 8 heteroatoms. The van der Waals surface area contributed by atoms with Crippen LogP contribution in [0, 0.1) is 0 Å². The Bertz CT molecular complexity index is 1400. The molecule has 4 amide bonds. The molecule has 0 aromatic heterocycles. The second-order valence-corrected chi connectivity index (χ2v) is 11.5. The Morgan fingerprint density at radius 1 is 0.857 bits per heavy atom. The molecular formula is C34H36ClN3O4. The third-order valence-corrected chi connectivity index (χ3v) is 8.54. The van der Waals surface area contributed by atoms with E-state index in [1.807, 2.05) is 48.5 Å². The Morgan fingerprint density at radius 3 is 2.14 bits per heavy atom. The highest BCUT2D eigenvalue weighted by atomic mass is 35.5. The maximum Gasteiger partial charge on any atom is 0.261 e. The van der Waals surface area contributed by atoms with Crippen molar-refractivity contribution in [2.75, 3.05) is 6.54 Å². The minimum atomic E-state index is -0.752. The van der Waals surface area contributed by atoms with E-state index in [0.29, 0.717) is 22.6 Å². The van der Waals surface area contributed by atoms with Crippen LogP contribution in [0.3, 0.4) is 0 Å². The van der Waals surface area contributed by atoms with Gasteiger partial charge in [0.15, 0.2) is 0 Å². The summed E-state index contributed by atoms with van der Waals surface area (Å²) in [6.07, 6.45) is 5.90. The highest BCUT2D eigenvalue weighted by Crippen LogP contribution is 2.25. The van der Waals surface area contributed by atoms with Crippen LogP contribution in [0.25, 0.3) is 0 Å². The van der Waals surface area contributed by atoms with Crippen molar-refractivity contribution in [3.8, 4) is 0 Å². The van der Waals surface area contributed by atoms with Gasteiger partial charge in [0, 0.05) is 37.0 Å². The van der Waals surface area contributed by atoms with Gasteiger partial charge in [-0.1, -0.05) is 91.5 Å². The molecule has 3 aromatic carbocycles. The van der Waals surface area contributed by atoms with Gasteiger partial charge >= 0.3 is 0 Å². The van der Waals surface area contributed by atoms with Gasteiger partial charge in [0.1, 0.15) is 6.04 Å². The van der Waals surface area contributed by atoms with E-state index < -0.39 is 6.04 Å². The number of amides is 4. The van der Waals surface area contributed by atoms with E-state index in [-0.39, 0.29) is 55.6 Å². The fourth-order valence-electron chi connectivity index (χ4n) is 5.88. The number of rotatable bonds is 11. The number of benzene rings is 3. The van der Waals surface area contributed by atoms with Gasteiger partial charge in [0.2, 0.25) is 11.8 Å². The lowest BCUT2D eigenvalue weighted by molar-refractivity contribution is -0.141. The van der Waals surface area contributed by atoms with Crippen LogP contribution in [0.2, 0.25) is 5.02 Å². The first-order valence-corrected chi connectivity index (χ1v) is 15.1. The van der Waals surface area contributed by atoms with Crippen molar-refractivity contribution >= 4 is 35.2 Å². The molecule has 0 radical (unpaired) electrons. The second-order valence-electron chi connectivity index (χ2n) is 11.1. The molecular weight excluding hydrogens is 550 g/mol. The molecule has 1 heterocycles. The zero-order chi connectivity index (χ0) is 29.5. The molecule has 1 fully saturated rings. The Morgan fingerprint density at radius 2 is 1.48 bits per heavy atom. The highest BCUT2D eigenvalue weighted by Gasteiger charge is 2.36. The number of hydrogen-bond acceptors (Lipinski definition) is 4. The summed E-state index contributed by atoms with van der Waals surface area (Å²) in [5, 5.41) is 3.75. The lowest BCUT2D eigenvalue weighted by Gasteiger charge is -2.34. The number of hydrogen-bond donors (Lipinski definition) is 1. The van der Waals surface area contributed by atoms with Crippen molar-refractivity contribution in [1.29, 1.82) is 0 Å². The lowest BCUT2D eigenvalue weighted by atomic mass is 9.94. The maximum absolute atomic E-state index is 14.0. The first-order valence-electron chi connectivity index (χ1n) is 14.7. The monoisotopic (exact) mass is 585 g/mol. The summed E-state index contributed by atoms with van der Waals surface area (Å²) in [4.78, 5) is 56.3. The standard InChI is InChI=1S/C34H36ClN3O4/c35-29-19-10-7-14-25(29)23-38(31(39)20-11-21-37-33(41)27-17-8-9-18-28(27)34(37)42)30(22-24-12-3-1-4-13-24)32(40)36-26-15-5-2-6-16-26/h1,3-4,7-10,12-14,17-19,26,30H,2,5-6,11,15-16,20-23H2,(H,36,40)/t30-/m1/s1. The van der Waals surface area contributed by atoms with E-state index in [9.17, 15) is 19.2 Å². The van der Waals surface area contributed by atoms with Crippen LogP contribution >= 0.6 is 11.6 Å². The fraction of sp³-hybridized carbons (Fsp3) is 0.353. The van der Waals surface area contributed by atoms with E-state index in [1.165, 1.54) is 11.3 Å². The summed E-state index contributed by atoms with van der Waals surface area (Å²) in [7, 11) is 0. The van der Waals surface area contributed by atoms with Crippen molar-refractivity contribution in [1.82, 2.24) is 15.1 Å². The summed E-state index contributed by atoms with van der Waals surface area (Å²) >= 11 is 6.52. The Labute approximate surface area is 251 Å². The SMILES string of the molecule is O=C(NC1CCCCC1)[C@@H](Cc1ccccc1)N(Cc1ccccc1Cl)C(=O)CCCN1C(=O)c2ccccc2C1=O. The van der Waals surface area contributed by atoms with Crippen molar-refractivity contribution in [3.05, 3.63) is 106 Å². The topological polar surface area (TPSA) is 86.8 Å². The molecule has 42 heavy (non-hydrogen) atoms. The molecule has 0 bridgehead atoms. The van der Waals surface area contributed by atoms with E-state index in [1.54, 1.807) is 35.2 Å². The van der Waals surface area contributed by atoms with Crippen LogP contribution in [-0.2, 0) is 22.6 Å². The average molecular weight is 586 g/mol. The quantitative estimate of drug-likeness (QED) is 0.288. The normalized spacial score (nSPS) is 15.8. The minimum Gasteiger partial charge on any atom is -0.352 e. The van der Waals surface area contributed by atoms with Gasteiger partial charge in [0.25, 0.3) is 11.8 Å². The molecule has 1 atom stereocenters. The summed E-state index contributed by atoms with van der Waals surface area (Å²) in [6, 6.07) is 23.1. The number of imide groups is 1. The average Bonchev–Trinajstić information content (AvgIpc) is 3.25. The van der Waals surface area contributed by atoms with Crippen LogP contribution < -0.4 is 5.32 Å². The van der Waals surface area contributed by atoms with Gasteiger partial charge < -0.3 is 10.2 Å². The molecule has 0 saturated heterocycles. The highest BCUT2D eigenvalue weighted by molar-refractivity contribution is 6.31. The lowest BCUT2D eigenvalue weighted by Crippen LogP contribution is -2.53. The molecule has 0 unspecified atom stereocenters. The van der Waals surface area contributed by atoms with Gasteiger partial charge in [-0.05, 0) is 48.6 Å². The zero-order valence-electron chi connectivity index (χ0n) is 23.6. The molecule has 1 aliphatic heterocycles. The summed E-state index contributed by atoms with van der Waals surface area (Å²) < 4.78 is 0. The van der Waals surface area contributed by atoms with Gasteiger partial charge in [-0.25, -0.2) is 0 Å². The molecule has 0 spiro atoms. The van der Waals surface area contributed by atoms with Gasteiger partial charge in [-0.3, -0.25) is 24.1 Å². The molecule has 5 rings (SSSR count). The van der Waals surface area contributed by atoms with Gasteiger partial charge in [-0.15, -0.1) is 0 Å². The molecule has 2 aliphatic rings. The third kappa shape index (κ3) is 6.90. The van der Waals surface area contributed by atoms with Crippen LogP contribution in [0.15, 0.2) is 78.9 Å². The molecule has 1 aliphatic carbocycles. The molecule has 1 N–H and O–H groups in total. The van der Waals surface area contributed by atoms with Crippen molar-refractivity contribution in [3.63, 3.8) is 0 Å².